The van der Waals surface area contributed by atoms with E-state index in [0.29, 0.717) is 32.0 Å². The number of benzene rings is 2. The molecule has 2 fully saturated rings. The van der Waals surface area contributed by atoms with Crippen molar-refractivity contribution in [2.75, 3.05) is 49.1 Å². The van der Waals surface area contributed by atoms with Gasteiger partial charge in [-0.15, -0.1) is 0 Å². The Balaban J connectivity index is 1.29. The number of hydrogen-bond acceptors (Lipinski definition) is 5. The molecule has 0 radical (unpaired) electrons. The molecule has 178 valence electrons. The summed E-state index contributed by atoms with van der Waals surface area (Å²) in [5, 5.41) is 0.725. The van der Waals surface area contributed by atoms with Gasteiger partial charge in [-0.3, -0.25) is 9.59 Å². The minimum atomic E-state index is -0.116. The monoisotopic (exact) mass is 479 g/mol. The number of amides is 1. The van der Waals surface area contributed by atoms with Gasteiger partial charge in [0.05, 0.1) is 17.0 Å². The highest BCUT2D eigenvalue weighted by molar-refractivity contribution is 6.30. The summed E-state index contributed by atoms with van der Waals surface area (Å²) < 4.78 is 1.78. The number of aromatic nitrogens is 2. The van der Waals surface area contributed by atoms with Gasteiger partial charge in [0.15, 0.2) is 5.82 Å². The Morgan fingerprint density at radius 3 is 2.59 bits per heavy atom. The second kappa shape index (κ2) is 9.66. The number of anilines is 2. The Bertz CT molecular complexity index is 1250. The molecule has 7 nitrogen and oxygen atoms in total. The van der Waals surface area contributed by atoms with E-state index >= 15 is 0 Å². The maximum Gasteiger partial charge on any atom is 0.293 e. The number of para-hydroxylation sites is 2. The molecule has 2 aromatic carbocycles. The lowest BCUT2D eigenvalue weighted by atomic mass is 9.96. The maximum absolute atomic E-state index is 13.4. The van der Waals surface area contributed by atoms with Crippen molar-refractivity contribution in [3.8, 4) is 0 Å². The minimum Gasteiger partial charge on any atom is -0.368 e. The quantitative estimate of drug-likeness (QED) is 0.571. The van der Waals surface area contributed by atoms with Gasteiger partial charge < -0.3 is 19.3 Å². The van der Waals surface area contributed by atoms with Crippen LogP contribution in [0.15, 0.2) is 53.3 Å². The molecule has 0 bridgehead atoms. The Kier molecular flexibility index (Phi) is 6.46. The van der Waals surface area contributed by atoms with Gasteiger partial charge >= 0.3 is 0 Å². The van der Waals surface area contributed by atoms with Crippen LogP contribution in [0, 0.1) is 5.92 Å². The van der Waals surface area contributed by atoms with E-state index in [1.54, 1.807) is 4.57 Å². The van der Waals surface area contributed by atoms with E-state index in [0.717, 1.165) is 54.2 Å². The molecule has 1 amide bonds. The van der Waals surface area contributed by atoms with Crippen molar-refractivity contribution in [2.24, 2.45) is 5.92 Å². The molecule has 0 spiro atoms. The summed E-state index contributed by atoms with van der Waals surface area (Å²) in [5.41, 5.74) is 2.67. The van der Waals surface area contributed by atoms with Crippen LogP contribution in [0.4, 0.5) is 11.5 Å². The van der Waals surface area contributed by atoms with Crippen molar-refractivity contribution in [3.05, 3.63) is 63.9 Å². The Morgan fingerprint density at radius 1 is 1.03 bits per heavy atom. The molecule has 5 rings (SSSR count). The van der Waals surface area contributed by atoms with Crippen molar-refractivity contribution in [3.63, 3.8) is 0 Å². The van der Waals surface area contributed by atoms with Crippen molar-refractivity contribution in [1.29, 1.82) is 0 Å². The molecular formula is C26H30ClN5O2. The lowest BCUT2D eigenvalue weighted by Gasteiger charge is -2.40. The molecule has 1 atom stereocenters. The van der Waals surface area contributed by atoms with Gasteiger partial charge in [0.25, 0.3) is 5.56 Å². The SMILES string of the molecule is CCn1c(=O)c(N2CCC[C@H](C(=O)N3CCN(c4cccc(Cl)c4)CC3)C2)nc2ccccc21. The molecule has 8 heteroatoms. The highest BCUT2D eigenvalue weighted by Gasteiger charge is 2.32. The van der Waals surface area contributed by atoms with E-state index in [1.165, 1.54) is 0 Å². The van der Waals surface area contributed by atoms with Gasteiger partial charge in [-0.25, -0.2) is 4.98 Å². The molecule has 1 aromatic heterocycles. The zero-order chi connectivity index (χ0) is 23.7. The van der Waals surface area contributed by atoms with Gasteiger partial charge in [0.2, 0.25) is 5.91 Å². The number of carbonyl (C=O) groups is 1. The fraction of sp³-hybridized carbons (Fsp3) is 0.423. The number of aryl methyl sites for hydroxylation is 1. The highest BCUT2D eigenvalue weighted by atomic mass is 35.5. The summed E-state index contributed by atoms with van der Waals surface area (Å²) in [7, 11) is 0. The lowest BCUT2D eigenvalue weighted by molar-refractivity contribution is -0.136. The van der Waals surface area contributed by atoms with Crippen LogP contribution in [0.25, 0.3) is 11.0 Å². The van der Waals surface area contributed by atoms with Gasteiger partial charge in [-0.1, -0.05) is 29.8 Å². The van der Waals surface area contributed by atoms with Crippen molar-refractivity contribution < 1.29 is 4.79 Å². The number of piperidine rings is 1. The molecular weight excluding hydrogens is 450 g/mol. The average molecular weight is 480 g/mol. The summed E-state index contributed by atoms with van der Waals surface area (Å²) >= 11 is 6.15. The van der Waals surface area contributed by atoms with Crippen LogP contribution in [0.3, 0.4) is 0 Å². The topological polar surface area (TPSA) is 61.7 Å². The van der Waals surface area contributed by atoms with Gasteiger partial charge in [0, 0.05) is 56.5 Å². The van der Waals surface area contributed by atoms with Crippen LogP contribution in [-0.4, -0.2) is 59.6 Å². The fourth-order valence-electron chi connectivity index (χ4n) is 5.19. The average Bonchev–Trinajstić information content (AvgIpc) is 2.88. The van der Waals surface area contributed by atoms with Gasteiger partial charge in [0.1, 0.15) is 0 Å². The predicted molar refractivity (Wildman–Crippen MR) is 137 cm³/mol. The van der Waals surface area contributed by atoms with E-state index in [2.05, 4.69) is 11.0 Å². The molecule has 3 heterocycles. The standard InChI is InChI=1S/C26H30ClN5O2/c1-2-32-23-11-4-3-10-22(23)28-24(26(32)34)31-12-6-7-19(18-31)25(33)30-15-13-29(14-16-30)21-9-5-8-20(27)17-21/h3-5,8-11,17,19H,2,6-7,12-16,18H2,1H3/t19-/m0/s1. The molecule has 2 aliphatic heterocycles. The third-order valence-corrected chi connectivity index (χ3v) is 7.22. The van der Waals surface area contributed by atoms with Crippen molar-refractivity contribution in [1.82, 2.24) is 14.5 Å². The van der Waals surface area contributed by atoms with Gasteiger partial charge in [-0.05, 0) is 50.1 Å². The van der Waals surface area contributed by atoms with E-state index in [4.69, 9.17) is 16.6 Å². The Hall–Kier alpha value is -3.06. The van der Waals surface area contributed by atoms with Crippen LogP contribution in [0.1, 0.15) is 19.8 Å². The fourth-order valence-corrected chi connectivity index (χ4v) is 5.37. The molecule has 0 N–H and O–H groups in total. The van der Waals surface area contributed by atoms with Crippen molar-refractivity contribution >= 4 is 40.0 Å². The molecule has 0 saturated carbocycles. The predicted octanol–water partition coefficient (Wildman–Crippen LogP) is 3.64. The number of rotatable bonds is 4. The molecule has 0 unspecified atom stereocenters. The smallest absolute Gasteiger partial charge is 0.293 e. The van der Waals surface area contributed by atoms with E-state index < -0.39 is 0 Å². The third kappa shape index (κ3) is 4.37. The summed E-state index contributed by atoms with van der Waals surface area (Å²) in [5.74, 6) is 0.532. The first-order valence-corrected chi connectivity index (χ1v) is 12.5. The number of halogens is 1. The van der Waals surface area contributed by atoms with E-state index in [9.17, 15) is 9.59 Å². The Labute approximate surface area is 204 Å². The number of fused-ring (bicyclic) bond motifs is 1. The summed E-state index contributed by atoms with van der Waals surface area (Å²) in [6, 6.07) is 15.6. The van der Waals surface area contributed by atoms with Crippen molar-refractivity contribution in [2.45, 2.75) is 26.3 Å². The largest absolute Gasteiger partial charge is 0.368 e. The summed E-state index contributed by atoms with van der Waals surface area (Å²) in [6.45, 7) is 6.81. The molecule has 2 aliphatic rings. The van der Waals surface area contributed by atoms with Crippen LogP contribution in [0.2, 0.25) is 5.02 Å². The van der Waals surface area contributed by atoms with E-state index in [-0.39, 0.29) is 17.4 Å². The number of piperazine rings is 1. The number of nitrogens with zero attached hydrogens (tertiary/aromatic N) is 5. The molecule has 2 saturated heterocycles. The van der Waals surface area contributed by atoms with Crippen LogP contribution in [0.5, 0.6) is 0 Å². The van der Waals surface area contributed by atoms with Gasteiger partial charge in [-0.2, -0.15) is 0 Å². The highest BCUT2D eigenvalue weighted by Crippen LogP contribution is 2.25. The van der Waals surface area contributed by atoms with Crippen LogP contribution in [-0.2, 0) is 11.3 Å². The number of carbonyl (C=O) groups excluding carboxylic acids is 1. The minimum absolute atomic E-state index is 0.0792. The second-order valence-corrected chi connectivity index (χ2v) is 9.49. The third-order valence-electron chi connectivity index (χ3n) is 6.99. The number of hydrogen-bond donors (Lipinski definition) is 0. The maximum atomic E-state index is 13.4. The summed E-state index contributed by atoms with van der Waals surface area (Å²) in [6.07, 6.45) is 1.72. The molecule has 0 aliphatic carbocycles. The first-order chi connectivity index (χ1) is 16.5. The lowest BCUT2D eigenvalue weighted by Crippen LogP contribution is -2.53. The normalized spacial score (nSPS) is 19.0. The Morgan fingerprint density at radius 2 is 1.82 bits per heavy atom. The van der Waals surface area contributed by atoms with Crippen LogP contribution >= 0.6 is 11.6 Å². The zero-order valence-electron chi connectivity index (χ0n) is 19.5. The van der Waals surface area contributed by atoms with Crippen LogP contribution < -0.4 is 15.4 Å². The molecule has 34 heavy (non-hydrogen) atoms. The zero-order valence-corrected chi connectivity index (χ0v) is 20.2. The first-order valence-electron chi connectivity index (χ1n) is 12.1. The second-order valence-electron chi connectivity index (χ2n) is 9.05. The summed E-state index contributed by atoms with van der Waals surface area (Å²) in [4.78, 5) is 37.6. The van der Waals surface area contributed by atoms with E-state index in [1.807, 2.05) is 59.2 Å². The molecule has 3 aromatic rings. The first kappa shape index (κ1) is 22.7.